The van der Waals surface area contributed by atoms with Crippen molar-refractivity contribution in [3.05, 3.63) is 23.8 Å². The maximum atomic E-state index is 12.5. The predicted octanol–water partition coefficient (Wildman–Crippen LogP) is 1.53. The number of rotatable bonds is 5. The van der Waals surface area contributed by atoms with E-state index in [2.05, 4.69) is 5.32 Å². The molecular weight excluding hydrogens is 340 g/mol. The fourth-order valence-corrected chi connectivity index (χ4v) is 3.98. The third kappa shape index (κ3) is 4.03. The first kappa shape index (κ1) is 17.9. The van der Waals surface area contributed by atoms with Gasteiger partial charge in [-0.3, -0.25) is 9.59 Å². The minimum absolute atomic E-state index is 0.0390. The quantitative estimate of drug-likeness (QED) is 0.859. The average molecular weight is 364 g/mol. The minimum atomic E-state index is -3.26. The van der Waals surface area contributed by atoms with Crippen LogP contribution < -0.4 is 10.2 Å². The molecule has 25 heavy (non-hydrogen) atoms. The second-order valence-electron chi connectivity index (χ2n) is 7.07. The first-order chi connectivity index (χ1) is 11.8. The Kier molecular flexibility index (Phi) is 4.86. The SMILES string of the molecule is CC1CC1C(=O)NCCC(=O)N1CCCc2cc(S(C)(=O)=O)ccc21. The zero-order valence-corrected chi connectivity index (χ0v) is 15.4. The van der Waals surface area contributed by atoms with Crippen LogP contribution in [0.25, 0.3) is 0 Å². The van der Waals surface area contributed by atoms with E-state index in [9.17, 15) is 18.0 Å². The fraction of sp³-hybridized carbons (Fsp3) is 0.556. The summed E-state index contributed by atoms with van der Waals surface area (Å²) in [5, 5.41) is 2.83. The van der Waals surface area contributed by atoms with E-state index in [0.29, 0.717) is 19.0 Å². The van der Waals surface area contributed by atoms with Crippen molar-refractivity contribution in [2.45, 2.75) is 37.5 Å². The highest BCUT2D eigenvalue weighted by atomic mass is 32.2. The summed E-state index contributed by atoms with van der Waals surface area (Å²) in [4.78, 5) is 26.3. The van der Waals surface area contributed by atoms with Crippen molar-refractivity contribution in [1.82, 2.24) is 5.32 Å². The first-order valence-corrected chi connectivity index (χ1v) is 10.6. The molecule has 0 spiro atoms. The molecule has 1 fully saturated rings. The summed E-state index contributed by atoms with van der Waals surface area (Å²) in [6.45, 7) is 3.01. The molecule has 0 radical (unpaired) electrons. The van der Waals surface area contributed by atoms with Crippen LogP contribution in [0.1, 0.15) is 31.7 Å². The standard InChI is InChI=1S/C18H24N2O4S/c1-12-10-15(12)18(22)19-8-7-17(21)20-9-3-4-13-11-14(25(2,23)24)5-6-16(13)20/h5-6,11-12,15H,3-4,7-10H2,1-2H3,(H,19,22). The molecule has 136 valence electrons. The van der Waals surface area contributed by atoms with Crippen molar-refractivity contribution in [3.63, 3.8) is 0 Å². The van der Waals surface area contributed by atoms with Gasteiger partial charge in [0.05, 0.1) is 4.90 Å². The maximum absolute atomic E-state index is 12.5. The van der Waals surface area contributed by atoms with Gasteiger partial charge in [-0.25, -0.2) is 8.42 Å². The van der Waals surface area contributed by atoms with Gasteiger partial charge in [0.2, 0.25) is 11.8 Å². The minimum Gasteiger partial charge on any atom is -0.355 e. The van der Waals surface area contributed by atoms with Gasteiger partial charge < -0.3 is 10.2 Å². The number of anilines is 1. The van der Waals surface area contributed by atoms with E-state index < -0.39 is 9.84 Å². The Morgan fingerprint density at radius 1 is 1.32 bits per heavy atom. The molecule has 1 heterocycles. The first-order valence-electron chi connectivity index (χ1n) is 8.68. The average Bonchev–Trinajstić information content (AvgIpc) is 3.29. The molecule has 0 bridgehead atoms. The van der Waals surface area contributed by atoms with Crippen LogP contribution in [0.4, 0.5) is 5.69 Å². The molecule has 1 aromatic rings. The molecule has 2 atom stereocenters. The van der Waals surface area contributed by atoms with Crippen LogP contribution in [0.5, 0.6) is 0 Å². The van der Waals surface area contributed by atoms with Gasteiger partial charge in [0, 0.05) is 37.4 Å². The third-order valence-corrected chi connectivity index (χ3v) is 6.09. The normalized spacial score (nSPS) is 22.2. The molecule has 1 aliphatic carbocycles. The van der Waals surface area contributed by atoms with E-state index in [1.54, 1.807) is 23.1 Å². The van der Waals surface area contributed by atoms with Crippen molar-refractivity contribution in [3.8, 4) is 0 Å². The molecule has 7 heteroatoms. The number of amides is 2. The summed E-state index contributed by atoms with van der Waals surface area (Å²) >= 11 is 0. The van der Waals surface area contributed by atoms with Gasteiger partial charge in [-0.15, -0.1) is 0 Å². The van der Waals surface area contributed by atoms with E-state index in [4.69, 9.17) is 0 Å². The Hall–Kier alpha value is -1.89. The van der Waals surface area contributed by atoms with Gasteiger partial charge in [-0.05, 0) is 48.9 Å². The van der Waals surface area contributed by atoms with Crippen LogP contribution in [-0.4, -0.2) is 39.6 Å². The summed E-state index contributed by atoms with van der Waals surface area (Å²) < 4.78 is 23.4. The molecule has 2 amide bonds. The molecular formula is C18H24N2O4S. The number of hydrogen-bond donors (Lipinski definition) is 1. The van der Waals surface area contributed by atoms with E-state index >= 15 is 0 Å². The highest BCUT2D eigenvalue weighted by Gasteiger charge is 2.38. The Labute approximate surface area is 148 Å². The number of aryl methyl sites for hydroxylation is 1. The zero-order valence-electron chi connectivity index (χ0n) is 14.6. The van der Waals surface area contributed by atoms with Crippen LogP contribution >= 0.6 is 0 Å². The Morgan fingerprint density at radius 2 is 2.04 bits per heavy atom. The van der Waals surface area contributed by atoms with Crippen molar-refractivity contribution < 1.29 is 18.0 Å². The molecule has 0 saturated heterocycles. The lowest BCUT2D eigenvalue weighted by molar-refractivity contribution is -0.122. The topological polar surface area (TPSA) is 83.6 Å². The number of nitrogens with zero attached hydrogens (tertiary/aromatic N) is 1. The second kappa shape index (κ2) is 6.78. The highest BCUT2D eigenvalue weighted by Crippen LogP contribution is 2.37. The van der Waals surface area contributed by atoms with Crippen LogP contribution in [0, 0.1) is 11.8 Å². The third-order valence-electron chi connectivity index (χ3n) is 4.98. The Balaban J connectivity index is 1.63. The monoisotopic (exact) mass is 364 g/mol. The van der Waals surface area contributed by atoms with Gasteiger partial charge in [0.1, 0.15) is 0 Å². The molecule has 1 aliphatic heterocycles. The van der Waals surface area contributed by atoms with Gasteiger partial charge in [-0.2, -0.15) is 0 Å². The lowest BCUT2D eigenvalue weighted by atomic mass is 10.0. The molecule has 2 aliphatic rings. The van der Waals surface area contributed by atoms with Crippen molar-refractivity contribution in [1.29, 1.82) is 0 Å². The second-order valence-corrected chi connectivity index (χ2v) is 9.09. The van der Waals surface area contributed by atoms with Crippen molar-refractivity contribution in [2.75, 3.05) is 24.2 Å². The van der Waals surface area contributed by atoms with Gasteiger partial charge in [0.15, 0.2) is 9.84 Å². The molecule has 1 aromatic carbocycles. The summed E-state index contributed by atoms with van der Waals surface area (Å²) in [5.41, 5.74) is 1.67. The highest BCUT2D eigenvalue weighted by molar-refractivity contribution is 7.90. The van der Waals surface area contributed by atoms with Gasteiger partial charge in [-0.1, -0.05) is 6.92 Å². The number of carbonyl (C=O) groups is 2. The molecule has 2 unspecified atom stereocenters. The number of nitrogens with one attached hydrogen (secondary N) is 1. The summed E-state index contributed by atoms with van der Waals surface area (Å²) in [5.74, 6) is 0.559. The van der Waals surface area contributed by atoms with Crippen molar-refractivity contribution in [2.24, 2.45) is 11.8 Å². The molecule has 0 aromatic heterocycles. The van der Waals surface area contributed by atoms with Gasteiger partial charge >= 0.3 is 0 Å². The predicted molar refractivity (Wildman–Crippen MR) is 95.1 cm³/mol. The molecule has 6 nitrogen and oxygen atoms in total. The largest absolute Gasteiger partial charge is 0.355 e. The summed E-state index contributed by atoms with van der Waals surface area (Å²) in [6, 6.07) is 4.93. The number of hydrogen-bond acceptors (Lipinski definition) is 4. The molecule has 3 rings (SSSR count). The summed E-state index contributed by atoms with van der Waals surface area (Å²) in [7, 11) is -3.26. The number of carbonyl (C=O) groups excluding carboxylic acids is 2. The zero-order chi connectivity index (χ0) is 18.2. The van der Waals surface area contributed by atoms with E-state index in [0.717, 1.165) is 30.5 Å². The Morgan fingerprint density at radius 3 is 2.68 bits per heavy atom. The van der Waals surface area contributed by atoms with Crippen LogP contribution in [0.2, 0.25) is 0 Å². The van der Waals surface area contributed by atoms with E-state index in [1.807, 2.05) is 6.92 Å². The van der Waals surface area contributed by atoms with Crippen LogP contribution in [-0.2, 0) is 25.8 Å². The van der Waals surface area contributed by atoms with Crippen LogP contribution in [0.15, 0.2) is 23.1 Å². The molecule has 1 N–H and O–H groups in total. The lowest BCUT2D eigenvalue weighted by Gasteiger charge is -2.30. The van der Waals surface area contributed by atoms with Gasteiger partial charge in [0.25, 0.3) is 0 Å². The molecule has 1 saturated carbocycles. The number of benzene rings is 1. The summed E-state index contributed by atoms with van der Waals surface area (Å²) in [6.07, 6.45) is 3.93. The fourth-order valence-electron chi connectivity index (χ4n) is 3.31. The number of sulfone groups is 1. The Bertz CT molecular complexity index is 803. The smallest absolute Gasteiger partial charge is 0.228 e. The van der Waals surface area contributed by atoms with Crippen molar-refractivity contribution >= 4 is 27.3 Å². The van der Waals surface area contributed by atoms with Crippen LogP contribution in [0.3, 0.4) is 0 Å². The van der Waals surface area contributed by atoms with E-state index in [-0.39, 0.29) is 29.0 Å². The van der Waals surface area contributed by atoms with E-state index in [1.165, 1.54) is 6.26 Å². The lowest BCUT2D eigenvalue weighted by Crippen LogP contribution is -2.38. The maximum Gasteiger partial charge on any atom is 0.228 e. The number of fused-ring (bicyclic) bond motifs is 1.